The van der Waals surface area contributed by atoms with Gasteiger partial charge in [0.05, 0.1) is 11.4 Å². The topological polar surface area (TPSA) is 17.8 Å². The van der Waals surface area contributed by atoms with Gasteiger partial charge in [-0.05, 0) is 56.6 Å². The third-order valence-electron chi connectivity index (χ3n) is 6.08. The molecule has 0 spiro atoms. The van der Waals surface area contributed by atoms with E-state index in [1.807, 2.05) is 0 Å². The molecule has 0 amide bonds. The van der Waals surface area contributed by atoms with E-state index in [1.54, 1.807) is 0 Å². The van der Waals surface area contributed by atoms with Crippen LogP contribution in [-0.2, 0) is 6.42 Å². The van der Waals surface area contributed by atoms with Crippen LogP contribution in [0.2, 0.25) is 0 Å². The van der Waals surface area contributed by atoms with Crippen molar-refractivity contribution < 1.29 is 0 Å². The molecule has 1 aliphatic carbocycles. The summed E-state index contributed by atoms with van der Waals surface area (Å²) in [5, 5.41) is 0. The van der Waals surface area contributed by atoms with E-state index in [-0.39, 0.29) is 0 Å². The molecule has 0 aliphatic heterocycles. The molecule has 0 unspecified atom stereocenters. The molecule has 1 aromatic heterocycles. The van der Waals surface area contributed by atoms with Gasteiger partial charge < -0.3 is 0 Å². The molecule has 2 nitrogen and oxygen atoms in total. The normalized spacial score (nSPS) is 16.0. The molecule has 1 saturated carbocycles. The zero-order valence-corrected chi connectivity index (χ0v) is 17.0. The predicted octanol–water partition coefficient (Wildman–Crippen LogP) is 6.59. The van der Waals surface area contributed by atoms with Crippen molar-refractivity contribution in [3.8, 4) is 17.1 Å². The number of nitrogens with zero attached hydrogens (tertiary/aromatic N) is 2. The van der Waals surface area contributed by atoms with Crippen LogP contribution in [0.15, 0.2) is 48.7 Å². The molecule has 1 fully saturated rings. The summed E-state index contributed by atoms with van der Waals surface area (Å²) in [4.78, 5) is 5.13. The molecule has 1 aliphatic rings. The predicted molar refractivity (Wildman–Crippen MR) is 113 cm³/mol. The molecule has 2 aromatic carbocycles. The lowest BCUT2D eigenvalue weighted by Gasteiger charge is -2.21. The van der Waals surface area contributed by atoms with Crippen LogP contribution in [0.5, 0.6) is 0 Å². The molecule has 27 heavy (non-hydrogen) atoms. The lowest BCUT2D eigenvalue weighted by Crippen LogP contribution is -2.14. The fourth-order valence-electron chi connectivity index (χ4n) is 4.87. The summed E-state index contributed by atoms with van der Waals surface area (Å²) in [5.74, 6) is 1.06. The Balaban J connectivity index is 1.85. The van der Waals surface area contributed by atoms with Crippen LogP contribution < -0.4 is 0 Å². The first kappa shape index (κ1) is 18.0. The zero-order chi connectivity index (χ0) is 19.0. The Kier molecular flexibility index (Phi) is 4.67. The molecule has 1 heterocycles. The first-order chi connectivity index (χ1) is 13.0. The average Bonchev–Trinajstić information content (AvgIpc) is 3.22. The van der Waals surface area contributed by atoms with Crippen molar-refractivity contribution in [3.63, 3.8) is 0 Å². The first-order valence-electron chi connectivity index (χ1n) is 10.2. The molecule has 140 valence electrons. The molecule has 0 saturated heterocycles. The Hall–Kier alpha value is -2.35. The van der Waals surface area contributed by atoms with Gasteiger partial charge in [-0.15, -0.1) is 0 Å². The van der Waals surface area contributed by atoms with Crippen LogP contribution in [0.1, 0.15) is 55.0 Å². The zero-order valence-electron chi connectivity index (χ0n) is 17.0. The quantitative estimate of drug-likeness (QED) is 0.514. The number of rotatable bonds is 4. The third-order valence-corrected chi connectivity index (χ3v) is 6.08. The number of aryl methyl sites for hydroxylation is 3. The van der Waals surface area contributed by atoms with Gasteiger partial charge in [-0.3, -0.25) is 4.57 Å². The minimum atomic E-state index is 0.407. The van der Waals surface area contributed by atoms with Gasteiger partial charge in [0.2, 0.25) is 0 Å². The standard InChI is InChI=1S/C25H30N2/c1-18-14-19(2)23(20(3)15-18)27-17-22(16-25(4)12-8-9-13-25)26-24(27)21-10-6-5-7-11-21/h5-7,10-11,14-15,17H,8-9,12-13,16H2,1-4H3. The van der Waals surface area contributed by atoms with Crippen LogP contribution >= 0.6 is 0 Å². The second kappa shape index (κ2) is 6.99. The molecular formula is C25H30N2. The second-order valence-corrected chi connectivity index (χ2v) is 8.73. The van der Waals surface area contributed by atoms with E-state index >= 15 is 0 Å². The Morgan fingerprint density at radius 2 is 1.59 bits per heavy atom. The fraction of sp³-hybridized carbons (Fsp3) is 0.400. The molecule has 0 radical (unpaired) electrons. The van der Waals surface area contributed by atoms with Gasteiger partial charge in [0.25, 0.3) is 0 Å². The SMILES string of the molecule is Cc1cc(C)c(-n2cc(CC3(C)CCCC3)nc2-c2ccccc2)c(C)c1. The first-order valence-corrected chi connectivity index (χ1v) is 10.2. The number of hydrogen-bond acceptors (Lipinski definition) is 1. The number of benzene rings is 2. The van der Waals surface area contributed by atoms with Crippen molar-refractivity contribution in [1.29, 1.82) is 0 Å². The van der Waals surface area contributed by atoms with Crippen molar-refractivity contribution in [2.75, 3.05) is 0 Å². The van der Waals surface area contributed by atoms with E-state index in [0.29, 0.717) is 5.41 Å². The van der Waals surface area contributed by atoms with E-state index in [4.69, 9.17) is 4.98 Å². The molecule has 4 rings (SSSR count). The maximum absolute atomic E-state index is 5.13. The second-order valence-electron chi connectivity index (χ2n) is 8.73. The average molecular weight is 359 g/mol. The third kappa shape index (κ3) is 3.58. The van der Waals surface area contributed by atoms with Gasteiger partial charge in [-0.2, -0.15) is 0 Å². The van der Waals surface area contributed by atoms with Gasteiger partial charge in [0.1, 0.15) is 5.82 Å². The monoisotopic (exact) mass is 358 g/mol. The van der Waals surface area contributed by atoms with Gasteiger partial charge in [0.15, 0.2) is 0 Å². The molecular weight excluding hydrogens is 328 g/mol. The highest BCUT2D eigenvalue weighted by atomic mass is 15.1. The van der Waals surface area contributed by atoms with Gasteiger partial charge in [-0.25, -0.2) is 4.98 Å². The number of imidazole rings is 1. The molecule has 2 heteroatoms. The Morgan fingerprint density at radius 3 is 2.22 bits per heavy atom. The maximum Gasteiger partial charge on any atom is 0.144 e. The van der Waals surface area contributed by atoms with Gasteiger partial charge in [-0.1, -0.05) is 67.8 Å². The Morgan fingerprint density at radius 1 is 0.963 bits per heavy atom. The summed E-state index contributed by atoms with van der Waals surface area (Å²) >= 11 is 0. The van der Waals surface area contributed by atoms with Gasteiger partial charge in [0, 0.05) is 11.8 Å². The molecule has 0 N–H and O–H groups in total. The smallest absolute Gasteiger partial charge is 0.144 e. The van der Waals surface area contributed by atoms with E-state index < -0.39 is 0 Å². The summed E-state index contributed by atoms with van der Waals surface area (Å²) in [6.45, 7) is 9.02. The van der Waals surface area contributed by atoms with E-state index in [1.165, 1.54) is 59.3 Å². The highest BCUT2D eigenvalue weighted by Gasteiger charge is 2.30. The van der Waals surface area contributed by atoms with Crippen molar-refractivity contribution in [2.24, 2.45) is 5.41 Å². The highest BCUT2D eigenvalue weighted by Crippen LogP contribution is 2.40. The number of aromatic nitrogens is 2. The van der Waals surface area contributed by atoms with Crippen LogP contribution in [0.25, 0.3) is 17.1 Å². The minimum absolute atomic E-state index is 0.407. The maximum atomic E-state index is 5.13. The highest BCUT2D eigenvalue weighted by molar-refractivity contribution is 5.62. The van der Waals surface area contributed by atoms with Crippen molar-refractivity contribution in [3.05, 3.63) is 71.0 Å². The Labute approximate surface area is 163 Å². The Bertz CT molecular complexity index is 921. The fourth-order valence-corrected chi connectivity index (χ4v) is 4.87. The van der Waals surface area contributed by atoms with Gasteiger partial charge >= 0.3 is 0 Å². The molecule has 3 aromatic rings. The lowest BCUT2D eigenvalue weighted by atomic mass is 9.84. The van der Waals surface area contributed by atoms with E-state index in [2.05, 4.69) is 80.9 Å². The summed E-state index contributed by atoms with van der Waals surface area (Å²) in [5.41, 5.74) is 8.01. The largest absolute Gasteiger partial charge is 0.299 e. The van der Waals surface area contributed by atoms with Crippen molar-refractivity contribution in [2.45, 2.75) is 59.8 Å². The van der Waals surface area contributed by atoms with E-state index in [9.17, 15) is 0 Å². The van der Waals surface area contributed by atoms with Crippen LogP contribution in [-0.4, -0.2) is 9.55 Å². The van der Waals surface area contributed by atoms with Crippen molar-refractivity contribution >= 4 is 0 Å². The summed E-state index contributed by atoms with van der Waals surface area (Å²) < 4.78 is 2.33. The summed E-state index contributed by atoms with van der Waals surface area (Å²) in [7, 11) is 0. The summed E-state index contributed by atoms with van der Waals surface area (Å²) in [6, 6.07) is 15.1. The van der Waals surface area contributed by atoms with Crippen LogP contribution in [0, 0.1) is 26.2 Å². The van der Waals surface area contributed by atoms with Crippen molar-refractivity contribution in [1.82, 2.24) is 9.55 Å². The molecule has 0 bridgehead atoms. The van der Waals surface area contributed by atoms with Crippen LogP contribution in [0.4, 0.5) is 0 Å². The molecule has 0 atom stereocenters. The minimum Gasteiger partial charge on any atom is -0.299 e. The number of hydrogen-bond donors (Lipinski definition) is 0. The summed E-state index contributed by atoms with van der Waals surface area (Å²) in [6.07, 6.45) is 8.73. The van der Waals surface area contributed by atoms with Crippen LogP contribution in [0.3, 0.4) is 0 Å². The van der Waals surface area contributed by atoms with E-state index in [0.717, 1.165) is 12.2 Å². The lowest BCUT2D eigenvalue weighted by molar-refractivity contribution is 0.331.